The highest BCUT2D eigenvalue weighted by Gasteiger charge is 2.22. The molecular weight excluding hydrogens is 296 g/mol. The van der Waals surface area contributed by atoms with E-state index in [0.29, 0.717) is 0 Å². The lowest BCUT2D eigenvalue weighted by molar-refractivity contribution is 0.0601. The molecule has 0 radical (unpaired) electrons. The number of hydrogen-bond donors (Lipinski definition) is 1. The SMILES string of the molecule is COC(=O)c1cc2c(nc1NC(=O)c1occc1C)CCCC2. The Balaban J connectivity index is 1.98. The summed E-state index contributed by atoms with van der Waals surface area (Å²) in [5.41, 5.74) is 2.96. The molecule has 3 rings (SSSR count). The molecule has 2 heterocycles. The molecule has 0 fully saturated rings. The van der Waals surface area contributed by atoms with Crippen LogP contribution in [0.4, 0.5) is 5.82 Å². The van der Waals surface area contributed by atoms with Crippen LogP contribution in [-0.2, 0) is 17.6 Å². The molecule has 1 amide bonds. The summed E-state index contributed by atoms with van der Waals surface area (Å²) >= 11 is 0. The number of aromatic nitrogens is 1. The predicted octanol–water partition coefficient (Wildman–Crippen LogP) is 2.90. The second-order valence-electron chi connectivity index (χ2n) is 5.58. The molecule has 0 saturated heterocycles. The van der Waals surface area contributed by atoms with E-state index < -0.39 is 11.9 Å². The van der Waals surface area contributed by atoms with Crippen LogP contribution >= 0.6 is 0 Å². The monoisotopic (exact) mass is 314 g/mol. The van der Waals surface area contributed by atoms with Crippen LogP contribution in [0.2, 0.25) is 0 Å². The van der Waals surface area contributed by atoms with Crippen LogP contribution in [0.1, 0.15) is 50.6 Å². The van der Waals surface area contributed by atoms with Gasteiger partial charge in [0.15, 0.2) is 5.76 Å². The van der Waals surface area contributed by atoms with E-state index >= 15 is 0 Å². The minimum Gasteiger partial charge on any atom is -0.465 e. The molecular formula is C17H18N2O4. The number of esters is 1. The highest BCUT2D eigenvalue weighted by molar-refractivity contribution is 6.06. The number of amides is 1. The van der Waals surface area contributed by atoms with Gasteiger partial charge >= 0.3 is 5.97 Å². The maximum atomic E-state index is 12.3. The Kier molecular flexibility index (Phi) is 4.14. The van der Waals surface area contributed by atoms with Crippen molar-refractivity contribution in [1.82, 2.24) is 4.98 Å². The molecule has 0 bridgehead atoms. The van der Waals surface area contributed by atoms with Crippen molar-refractivity contribution in [2.75, 3.05) is 12.4 Å². The first-order chi connectivity index (χ1) is 11.1. The lowest BCUT2D eigenvalue weighted by atomic mass is 9.94. The number of methoxy groups -OCH3 is 1. The number of carbonyl (C=O) groups excluding carboxylic acids is 2. The van der Waals surface area contributed by atoms with Gasteiger partial charge in [-0.25, -0.2) is 9.78 Å². The minimum atomic E-state index is -0.516. The summed E-state index contributed by atoms with van der Waals surface area (Å²) < 4.78 is 9.99. The van der Waals surface area contributed by atoms with Gasteiger partial charge in [0, 0.05) is 11.3 Å². The summed E-state index contributed by atoms with van der Waals surface area (Å²) in [4.78, 5) is 28.8. The lowest BCUT2D eigenvalue weighted by Crippen LogP contribution is -2.19. The predicted molar refractivity (Wildman–Crippen MR) is 83.6 cm³/mol. The fourth-order valence-corrected chi connectivity index (χ4v) is 2.76. The molecule has 0 spiro atoms. The number of anilines is 1. The van der Waals surface area contributed by atoms with Crippen LogP contribution in [0.25, 0.3) is 0 Å². The third kappa shape index (κ3) is 2.97. The molecule has 0 atom stereocenters. The smallest absolute Gasteiger partial charge is 0.341 e. The molecule has 0 unspecified atom stereocenters. The molecule has 2 aromatic heterocycles. The van der Waals surface area contributed by atoms with Gasteiger partial charge in [-0.3, -0.25) is 4.79 Å². The van der Waals surface area contributed by atoms with E-state index in [9.17, 15) is 9.59 Å². The van der Waals surface area contributed by atoms with Gasteiger partial charge in [0.2, 0.25) is 0 Å². The fourth-order valence-electron chi connectivity index (χ4n) is 2.76. The van der Waals surface area contributed by atoms with E-state index in [1.165, 1.54) is 13.4 Å². The molecule has 0 aliphatic heterocycles. The summed E-state index contributed by atoms with van der Waals surface area (Å²) in [6.45, 7) is 1.78. The van der Waals surface area contributed by atoms with Crippen molar-refractivity contribution in [3.8, 4) is 0 Å². The summed E-state index contributed by atoms with van der Waals surface area (Å²) in [5.74, 6) is -0.517. The Morgan fingerprint density at radius 1 is 1.30 bits per heavy atom. The van der Waals surface area contributed by atoms with Crippen molar-refractivity contribution in [1.29, 1.82) is 0 Å². The first-order valence-electron chi connectivity index (χ1n) is 7.56. The standard InChI is InChI=1S/C17H18N2O4/c1-10-7-8-23-14(10)16(20)19-15-12(17(21)22-2)9-11-5-3-4-6-13(11)18-15/h7-9H,3-6H2,1-2H3,(H,18,19,20). The van der Waals surface area contributed by atoms with Crippen LogP contribution in [0.15, 0.2) is 22.8 Å². The van der Waals surface area contributed by atoms with Crippen LogP contribution in [0, 0.1) is 6.92 Å². The molecule has 1 N–H and O–H groups in total. The fraction of sp³-hybridized carbons (Fsp3) is 0.353. The van der Waals surface area contributed by atoms with Gasteiger partial charge in [0.05, 0.1) is 13.4 Å². The Bertz CT molecular complexity index is 764. The summed E-state index contributed by atoms with van der Waals surface area (Å²) in [6.07, 6.45) is 5.32. The zero-order valence-corrected chi connectivity index (χ0v) is 13.1. The number of carbonyl (C=O) groups is 2. The van der Waals surface area contributed by atoms with E-state index in [0.717, 1.165) is 42.5 Å². The molecule has 1 aliphatic carbocycles. The number of nitrogens with zero attached hydrogens (tertiary/aromatic N) is 1. The lowest BCUT2D eigenvalue weighted by Gasteiger charge is -2.18. The number of aryl methyl sites for hydroxylation is 3. The van der Waals surface area contributed by atoms with Crippen LogP contribution in [0.5, 0.6) is 0 Å². The number of pyridine rings is 1. The Labute approximate surface area is 133 Å². The van der Waals surface area contributed by atoms with E-state index in [-0.39, 0.29) is 17.1 Å². The summed E-state index contributed by atoms with van der Waals surface area (Å²) in [5, 5.41) is 2.67. The summed E-state index contributed by atoms with van der Waals surface area (Å²) in [7, 11) is 1.31. The second-order valence-corrected chi connectivity index (χ2v) is 5.58. The highest BCUT2D eigenvalue weighted by Crippen LogP contribution is 2.26. The molecule has 23 heavy (non-hydrogen) atoms. The number of nitrogens with one attached hydrogen (secondary N) is 1. The molecule has 1 aliphatic rings. The Morgan fingerprint density at radius 3 is 2.78 bits per heavy atom. The number of fused-ring (bicyclic) bond motifs is 1. The molecule has 6 heteroatoms. The third-order valence-electron chi connectivity index (χ3n) is 4.01. The minimum absolute atomic E-state index is 0.209. The molecule has 0 aromatic carbocycles. The van der Waals surface area contributed by atoms with Gasteiger partial charge in [-0.15, -0.1) is 0 Å². The van der Waals surface area contributed by atoms with Gasteiger partial charge in [-0.1, -0.05) is 0 Å². The first kappa shape index (κ1) is 15.3. The van der Waals surface area contributed by atoms with Crippen molar-refractivity contribution >= 4 is 17.7 Å². The average molecular weight is 314 g/mol. The normalized spacial score (nSPS) is 13.3. The van der Waals surface area contributed by atoms with Crippen molar-refractivity contribution in [3.63, 3.8) is 0 Å². The zero-order chi connectivity index (χ0) is 16.4. The van der Waals surface area contributed by atoms with Gasteiger partial charge in [0.1, 0.15) is 11.4 Å². The topological polar surface area (TPSA) is 81.4 Å². The van der Waals surface area contributed by atoms with E-state index in [1.807, 2.05) is 0 Å². The van der Waals surface area contributed by atoms with Crippen LogP contribution in [-0.4, -0.2) is 24.0 Å². The molecule has 6 nitrogen and oxygen atoms in total. The number of furan rings is 1. The second kappa shape index (κ2) is 6.24. The van der Waals surface area contributed by atoms with Crippen molar-refractivity contribution < 1.29 is 18.7 Å². The van der Waals surface area contributed by atoms with Crippen LogP contribution < -0.4 is 5.32 Å². The van der Waals surface area contributed by atoms with Gasteiger partial charge < -0.3 is 14.5 Å². The van der Waals surface area contributed by atoms with Gasteiger partial charge in [-0.2, -0.15) is 0 Å². The summed E-state index contributed by atoms with van der Waals surface area (Å²) in [6, 6.07) is 3.48. The van der Waals surface area contributed by atoms with Crippen LogP contribution in [0.3, 0.4) is 0 Å². The molecule has 2 aromatic rings. The number of rotatable bonds is 3. The van der Waals surface area contributed by atoms with Gasteiger partial charge in [-0.05, 0) is 50.3 Å². The Hall–Kier alpha value is -2.63. The molecule has 120 valence electrons. The van der Waals surface area contributed by atoms with Crippen molar-refractivity contribution in [2.45, 2.75) is 32.6 Å². The Morgan fingerprint density at radius 2 is 2.09 bits per heavy atom. The van der Waals surface area contributed by atoms with Gasteiger partial charge in [0.25, 0.3) is 5.91 Å². The van der Waals surface area contributed by atoms with Crippen molar-refractivity contribution in [3.05, 3.63) is 46.5 Å². The number of hydrogen-bond acceptors (Lipinski definition) is 5. The zero-order valence-electron chi connectivity index (χ0n) is 13.1. The molecule has 0 saturated carbocycles. The quantitative estimate of drug-likeness (QED) is 0.881. The number of ether oxygens (including phenoxy) is 1. The van der Waals surface area contributed by atoms with E-state index in [2.05, 4.69) is 10.3 Å². The van der Waals surface area contributed by atoms with E-state index in [1.54, 1.807) is 19.1 Å². The maximum absolute atomic E-state index is 12.3. The third-order valence-corrected chi connectivity index (χ3v) is 4.01. The van der Waals surface area contributed by atoms with Crippen molar-refractivity contribution in [2.24, 2.45) is 0 Å². The first-order valence-corrected chi connectivity index (χ1v) is 7.56. The maximum Gasteiger partial charge on any atom is 0.341 e. The average Bonchev–Trinajstić information content (AvgIpc) is 2.99. The highest BCUT2D eigenvalue weighted by atomic mass is 16.5. The largest absolute Gasteiger partial charge is 0.465 e. The van der Waals surface area contributed by atoms with E-state index in [4.69, 9.17) is 9.15 Å².